The second kappa shape index (κ2) is 45.6. The number of carbonyl (C=O) groups is 1. The Kier molecular flexibility index (Phi) is 45.3. The van der Waals surface area contributed by atoms with E-state index in [1.165, 1.54) is 218 Å². The number of likely N-dealkylation sites (N-methyl/N-ethyl adjacent to an activating group) is 1. The summed E-state index contributed by atoms with van der Waals surface area (Å²) in [4.78, 5) is 25.5. The van der Waals surface area contributed by atoms with Crippen LogP contribution in [0.15, 0.2) is 0 Å². The normalized spacial score (nSPS) is 14.0. The van der Waals surface area contributed by atoms with Crippen LogP contribution in [0.2, 0.25) is 0 Å². The number of hydrogen-bond acceptors (Lipinski definition) is 6. The van der Waals surface area contributed by atoms with Crippen LogP contribution in [0.1, 0.15) is 284 Å². The van der Waals surface area contributed by atoms with E-state index in [2.05, 4.69) is 19.2 Å². The van der Waals surface area contributed by atoms with Gasteiger partial charge in [-0.2, -0.15) is 0 Å². The highest BCUT2D eigenvalue weighted by Crippen LogP contribution is 2.38. The van der Waals surface area contributed by atoms with E-state index in [1.54, 1.807) is 0 Å². The molecule has 0 bridgehead atoms. The molecular weight excluding hydrogens is 792 g/mol. The van der Waals surface area contributed by atoms with Crippen LogP contribution >= 0.6 is 7.82 Å². The Hall–Kier alpha value is -0.500. The van der Waals surface area contributed by atoms with E-state index in [9.17, 15) is 19.4 Å². The third-order valence-electron chi connectivity index (χ3n) is 12.8. The summed E-state index contributed by atoms with van der Waals surface area (Å²) in [5.74, 6) is -0.157. The van der Waals surface area contributed by atoms with Crippen molar-refractivity contribution < 1.29 is 32.9 Å². The molecule has 1 amide bonds. The van der Waals surface area contributed by atoms with E-state index in [0.29, 0.717) is 23.9 Å². The lowest BCUT2D eigenvalue weighted by atomic mass is 10.0. The van der Waals surface area contributed by atoms with Gasteiger partial charge in [0.05, 0.1) is 39.9 Å². The largest absolute Gasteiger partial charge is 0.756 e. The van der Waals surface area contributed by atoms with Crippen LogP contribution in [0, 0.1) is 0 Å². The number of quaternary nitrogens is 1. The number of hydrogen-bond donors (Lipinski definition) is 2. The summed E-state index contributed by atoms with van der Waals surface area (Å²) in [6, 6.07) is -0.794. The van der Waals surface area contributed by atoms with Crippen molar-refractivity contribution >= 4 is 13.7 Å². The Bertz CT molecular complexity index is 978. The Morgan fingerprint density at radius 3 is 1.10 bits per heavy atom. The summed E-state index contributed by atoms with van der Waals surface area (Å²) in [5.41, 5.74) is 0. The standard InChI is InChI=1S/C53H109N2O6P/c1-6-8-10-12-14-16-18-20-22-24-25-26-27-28-29-31-33-35-37-39-41-43-45-47-53(57)54-51(50-61-62(58,59)60-49-48-55(3,4)5)52(56)46-44-42-40-38-36-34-32-30-23-21-19-17-15-13-11-9-7-2/h51-52,56H,6-50H2,1-5H3,(H-,54,57,58,59). The number of nitrogens with zero attached hydrogens (tertiary/aromatic N) is 1. The summed E-state index contributed by atoms with van der Waals surface area (Å²) in [6.07, 6.45) is 52.6. The molecule has 0 radical (unpaired) electrons. The Balaban J connectivity index is 4.15. The molecule has 3 atom stereocenters. The number of aliphatic hydroxyl groups is 1. The predicted octanol–water partition coefficient (Wildman–Crippen LogP) is 15.5. The number of phosphoric acid groups is 1. The van der Waals surface area contributed by atoms with E-state index >= 15 is 0 Å². The molecule has 0 aliphatic rings. The quantitative estimate of drug-likeness (QED) is 0.0358. The molecule has 0 heterocycles. The van der Waals surface area contributed by atoms with E-state index in [-0.39, 0.29) is 19.1 Å². The zero-order valence-corrected chi connectivity index (χ0v) is 43.3. The smallest absolute Gasteiger partial charge is 0.268 e. The number of carbonyl (C=O) groups excluding carboxylic acids is 1. The van der Waals surface area contributed by atoms with Crippen LogP contribution in [0.5, 0.6) is 0 Å². The molecule has 0 spiro atoms. The van der Waals surface area contributed by atoms with Gasteiger partial charge in [0.2, 0.25) is 5.91 Å². The van der Waals surface area contributed by atoms with Gasteiger partial charge in [-0.05, 0) is 12.8 Å². The minimum Gasteiger partial charge on any atom is -0.756 e. The molecule has 0 aromatic rings. The molecule has 0 aliphatic heterocycles. The van der Waals surface area contributed by atoms with Crippen LogP contribution in [0.4, 0.5) is 0 Å². The maximum atomic E-state index is 13.0. The highest BCUT2D eigenvalue weighted by atomic mass is 31.2. The first-order valence-corrected chi connectivity index (χ1v) is 28.8. The van der Waals surface area contributed by atoms with Crippen molar-refractivity contribution in [2.75, 3.05) is 40.9 Å². The average Bonchev–Trinajstić information content (AvgIpc) is 3.23. The summed E-state index contributed by atoms with van der Waals surface area (Å²) in [6.45, 7) is 4.77. The fourth-order valence-electron chi connectivity index (χ4n) is 8.51. The Morgan fingerprint density at radius 1 is 0.500 bits per heavy atom. The molecule has 3 unspecified atom stereocenters. The molecule has 8 nitrogen and oxygen atoms in total. The van der Waals surface area contributed by atoms with E-state index in [0.717, 1.165) is 38.5 Å². The van der Waals surface area contributed by atoms with Crippen molar-refractivity contribution in [3.8, 4) is 0 Å². The molecule has 62 heavy (non-hydrogen) atoms. The first kappa shape index (κ1) is 61.5. The fourth-order valence-corrected chi connectivity index (χ4v) is 9.24. The first-order valence-electron chi connectivity index (χ1n) is 27.4. The first-order chi connectivity index (χ1) is 30.0. The average molecular weight is 901 g/mol. The third-order valence-corrected chi connectivity index (χ3v) is 13.8. The lowest BCUT2D eigenvalue weighted by Crippen LogP contribution is -2.46. The number of nitrogens with one attached hydrogen (secondary N) is 1. The maximum absolute atomic E-state index is 13.0. The zero-order chi connectivity index (χ0) is 45.7. The van der Waals surface area contributed by atoms with Gasteiger partial charge in [0, 0.05) is 6.42 Å². The van der Waals surface area contributed by atoms with Crippen LogP contribution in [-0.2, 0) is 18.4 Å². The van der Waals surface area contributed by atoms with E-state index in [1.807, 2.05) is 21.1 Å². The molecular formula is C53H109N2O6P. The van der Waals surface area contributed by atoms with Gasteiger partial charge in [0.25, 0.3) is 7.82 Å². The minimum atomic E-state index is -4.56. The van der Waals surface area contributed by atoms with Crippen LogP contribution in [0.3, 0.4) is 0 Å². The maximum Gasteiger partial charge on any atom is 0.268 e. The second-order valence-corrected chi connectivity index (χ2v) is 21.7. The topological polar surface area (TPSA) is 108 Å². The second-order valence-electron chi connectivity index (χ2n) is 20.3. The monoisotopic (exact) mass is 901 g/mol. The summed E-state index contributed by atoms with van der Waals surface area (Å²) >= 11 is 0. The molecule has 0 fully saturated rings. The molecule has 2 N–H and O–H groups in total. The number of amides is 1. The van der Waals surface area contributed by atoms with Gasteiger partial charge < -0.3 is 28.8 Å². The van der Waals surface area contributed by atoms with Crippen molar-refractivity contribution in [1.29, 1.82) is 0 Å². The van der Waals surface area contributed by atoms with Crippen molar-refractivity contribution in [2.24, 2.45) is 0 Å². The number of aliphatic hydroxyl groups excluding tert-OH is 1. The third kappa shape index (κ3) is 47.5. The van der Waals surface area contributed by atoms with Gasteiger partial charge in [0.15, 0.2) is 0 Å². The van der Waals surface area contributed by atoms with Crippen LogP contribution in [-0.4, -0.2) is 68.5 Å². The van der Waals surface area contributed by atoms with Crippen LogP contribution in [0.25, 0.3) is 0 Å². The zero-order valence-electron chi connectivity index (χ0n) is 42.4. The SMILES string of the molecule is CCCCCCCCCCCCCCCCCCCCCCCCCC(=O)NC(COP(=O)([O-])OCC[N+](C)(C)C)C(O)CCCCCCCCCCCCCCCCCCC. The van der Waals surface area contributed by atoms with Crippen molar-refractivity contribution in [3.05, 3.63) is 0 Å². The Morgan fingerprint density at radius 2 is 0.790 bits per heavy atom. The lowest BCUT2D eigenvalue weighted by Gasteiger charge is -2.30. The molecule has 0 rings (SSSR count). The lowest BCUT2D eigenvalue weighted by molar-refractivity contribution is -0.870. The summed E-state index contributed by atoms with van der Waals surface area (Å²) in [5, 5.41) is 14.0. The summed E-state index contributed by atoms with van der Waals surface area (Å²) in [7, 11) is 1.32. The van der Waals surface area contributed by atoms with Gasteiger partial charge in [-0.15, -0.1) is 0 Å². The highest BCUT2D eigenvalue weighted by molar-refractivity contribution is 7.45. The number of phosphoric ester groups is 1. The van der Waals surface area contributed by atoms with Crippen molar-refractivity contribution in [3.63, 3.8) is 0 Å². The minimum absolute atomic E-state index is 0.0165. The molecule has 0 aromatic carbocycles. The van der Waals surface area contributed by atoms with Gasteiger partial charge >= 0.3 is 0 Å². The van der Waals surface area contributed by atoms with Gasteiger partial charge in [-0.3, -0.25) is 9.36 Å². The van der Waals surface area contributed by atoms with Crippen LogP contribution < -0.4 is 10.2 Å². The molecule has 0 saturated heterocycles. The molecule has 0 saturated carbocycles. The molecule has 0 aliphatic carbocycles. The predicted molar refractivity (Wildman–Crippen MR) is 266 cm³/mol. The van der Waals surface area contributed by atoms with Crippen molar-refractivity contribution in [2.45, 2.75) is 296 Å². The van der Waals surface area contributed by atoms with E-state index in [4.69, 9.17) is 9.05 Å². The van der Waals surface area contributed by atoms with Gasteiger partial charge in [-0.1, -0.05) is 264 Å². The summed E-state index contributed by atoms with van der Waals surface area (Å²) < 4.78 is 23.4. The van der Waals surface area contributed by atoms with Gasteiger partial charge in [0.1, 0.15) is 13.2 Å². The molecule has 9 heteroatoms. The van der Waals surface area contributed by atoms with E-state index < -0.39 is 20.0 Å². The molecule has 372 valence electrons. The van der Waals surface area contributed by atoms with Crippen molar-refractivity contribution in [1.82, 2.24) is 5.32 Å². The van der Waals surface area contributed by atoms with Gasteiger partial charge in [-0.25, -0.2) is 0 Å². The number of unbranched alkanes of at least 4 members (excludes halogenated alkanes) is 38. The number of rotatable bonds is 51. The highest BCUT2D eigenvalue weighted by Gasteiger charge is 2.24. The Labute approximate surface area is 387 Å². The fraction of sp³-hybridized carbons (Fsp3) is 0.981. The molecule has 0 aromatic heterocycles.